The Hall–Kier alpha value is -2.63. The minimum absolute atomic E-state index is 0.197. The minimum atomic E-state index is 0.197. The third-order valence-electron chi connectivity index (χ3n) is 5.09. The van der Waals surface area contributed by atoms with Crippen molar-refractivity contribution in [1.29, 1.82) is 0 Å². The van der Waals surface area contributed by atoms with E-state index in [0.717, 1.165) is 55.1 Å². The minimum Gasteiger partial charge on any atom is -0.342 e. The molecule has 0 unspecified atom stereocenters. The number of carbonyl (C=O) groups excluding carboxylic acids is 1. The molecular formula is C19H23N5O. The van der Waals surface area contributed by atoms with Gasteiger partial charge in [-0.25, -0.2) is 4.98 Å². The highest BCUT2D eigenvalue weighted by Gasteiger charge is 2.25. The van der Waals surface area contributed by atoms with Crippen molar-refractivity contribution in [2.45, 2.75) is 32.6 Å². The van der Waals surface area contributed by atoms with Crippen LogP contribution in [0, 0.1) is 12.8 Å². The van der Waals surface area contributed by atoms with Crippen LogP contribution < -0.4 is 0 Å². The van der Waals surface area contributed by atoms with Gasteiger partial charge in [0.1, 0.15) is 5.65 Å². The molecule has 1 amide bonds. The van der Waals surface area contributed by atoms with Crippen molar-refractivity contribution in [3.63, 3.8) is 0 Å². The summed E-state index contributed by atoms with van der Waals surface area (Å²) in [4.78, 5) is 19.5. The van der Waals surface area contributed by atoms with Gasteiger partial charge in [-0.05, 0) is 50.3 Å². The number of aryl methyl sites for hydroxylation is 1. The fourth-order valence-corrected chi connectivity index (χ4v) is 3.80. The maximum Gasteiger partial charge on any atom is 0.228 e. The molecule has 0 aromatic carbocycles. The second-order valence-electron chi connectivity index (χ2n) is 6.88. The number of imidazole rings is 1. The number of carbonyl (C=O) groups is 1. The van der Waals surface area contributed by atoms with E-state index in [0.29, 0.717) is 12.3 Å². The number of nitrogens with zero attached hydrogens (tertiary/aromatic N) is 4. The van der Waals surface area contributed by atoms with Crippen LogP contribution in [0.25, 0.3) is 5.65 Å². The molecule has 0 radical (unpaired) electrons. The lowest BCUT2D eigenvalue weighted by molar-refractivity contribution is -0.132. The molecule has 0 bridgehead atoms. The number of hydrogen-bond acceptors (Lipinski definition) is 3. The van der Waals surface area contributed by atoms with Crippen molar-refractivity contribution in [2.75, 3.05) is 13.1 Å². The smallest absolute Gasteiger partial charge is 0.228 e. The lowest BCUT2D eigenvalue weighted by Gasteiger charge is -2.32. The van der Waals surface area contributed by atoms with Gasteiger partial charge in [-0.15, -0.1) is 0 Å². The van der Waals surface area contributed by atoms with E-state index >= 15 is 0 Å². The first-order chi connectivity index (χ1) is 12.2. The fraction of sp³-hybridized carbons (Fsp3) is 0.421. The molecular weight excluding hydrogens is 314 g/mol. The first-order valence-electron chi connectivity index (χ1n) is 8.89. The molecule has 1 aliphatic heterocycles. The summed E-state index contributed by atoms with van der Waals surface area (Å²) in [6, 6.07) is 7.94. The van der Waals surface area contributed by atoms with Crippen molar-refractivity contribution in [1.82, 2.24) is 24.5 Å². The summed E-state index contributed by atoms with van der Waals surface area (Å²) < 4.78 is 2.03. The highest BCUT2D eigenvalue weighted by molar-refractivity contribution is 5.79. The first kappa shape index (κ1) is 15.9. The number of amides is 1. The molecule has 3 aromatic rings. The van der Waals surface area contributed by atoms with E-state index in [1.54, 1.807) is 6.20 Å². The predicted molar refractivity (Wildman–Crippen MR) is 95.2 cm³/mol. The van der Waals surface area contributed by atoms with Gasteiger partial charge >= 0.3 is 0 Å². The lowest BCUT2D eigenvalue weighted by atomic mass is 9.93. The highest BCUT2D eigenvalue weighted by atomic mass is 16.2. The van der Waals surface area contributed by atoms with Gasteiger partial charge in [0.15, 0.2) is 0 Å². The number of likely N-dealkylation sites (tertiary alicyclic amines) is 1. The molecule has 1 saturated heterocycles. The van der Waals surface area contributed by atoms with E-state index < -0.39 is 0 Å². The Morgan fingerprint density at radius 2 is 2.28 bits per heavy atom. The van der Waals surface area contributed by atoms with Crippen LogP contribution in [0.3, 0.4) is 0 Å². The van der Waals surface area contributed by atoms with Gasteiger partial charge in [0.2, 0.25) is 5.91 Å². The number of nitrogens with one attached hydrogen (secondary N) is 1. The van der Waals surface area contributed by atoms with Crippen molar-refractivity contribution in [3.8, 4) is 0 Å². The van der Waals surface area contributed by atoms with Crippen LogP contribution in [0.5, 0.6) is 0 Å². The van der Waals surface area contributed by atoms with Crippen LogP contribution in [-0.2, 0) is 17.6 Å². The molecule has 4 heterocycles. The summed E-state index contributed by atoms with van der Waals surface area (Å²) >= 11 is 0. The van der Waals surface area contributed by atoms with Crippen LogP contribution in [0.4, 0.5) is 0 Å². The zero-order valence-corrected chi connectivity index (χ0v) is 14.5. The normalized spacial score (nSPS) is 18.0. The summed E-state index contributed by atoms with van der Waals surface area (Å²) in [7, 11) is 0. The van der Waals surface area contributed by atoms with Gasteiger partial charge in [0.25, 0.3) is 0 Å². The third kappa shape index (κ3) is 3.29. The SMILES string of the molecule is Cc1nc2ccccn2c1CC(=O)N1CCC[C@@H](Cc2ccn[nH]2)C1. The topological polar surface area (TPSA) is 66.3 Å². The molecule has 0 spiro atoms. The van der Waals surface area contributed by atoms with E-state index in [1.807, 2.05) is 46.7 Å². The van der Waals surface area contributed by atoms with E-state index in [-0.39, 0.29) is 5.91 Å². The molecule has 1 fully saturated rings. The van der Waals surface area contributed by atoms with Gasteiger partial charge in [0.05, 0.1) is 17.8 Å². The molecule has 6 nitrogen and oxygen atoms in total. The monoisotopic (exact) mass is 337 g/mol. The zero-order valence-electron chi connectivity index (χ0n) is 14.5. The van der Waals surface area contributed by atoms with Crippen LogP contribution in [-0.4, -0.2) is 43.5 Å². The van der Waals surface area contributed by atoms with Crippen molar-refractivity contribution < 1.29 is 4.79 Å². The summed E-state index contributed by atoms with van der Waals surface area (Å²) in [5.74, 6) is 0.699. The van der Waals surface area contributed by atoms with Crippen molar-refractivity contribution in [2.24, 2.45) is 5.92 Å². The molecule has 0 aliphatic carbocycles. The largest absolute Gasteiger partial charge is 0.342 e. The van der Waals surface area contributed by atoms with Gasteiger partial charge in [-0.3, -0.25) is 9.89 Å². The van der Waals surface area contributed by atoms with E-state index in [1.165, 1.54) is 0 Å². The Bertz CT molecular complexity index is 867. The number of H-pyrrole nitrogens is 1. The molecule has 1 N–H and O–H groups in total. The maximum atomic E-state index is 12.9. The number of rotatable bonds is 4. The van der Waals surface area contributed by atoms with Gasteiger partial charge in [-0.2, -0.15) is 5.10 Å². The fourth-order valence-electron chi connectivity index (χ4n) is 3.80. The van der Waals surface area contributed by atoms with Crippen LogP contribution in [0.1, 0.15) is 29.9 Å². The summed E-state index contributed by atoms with van der Waals surface area (Å²) in [5.41, 5.74) is 3.98. The number of hydrogen-bond donors (Lipinski definition) is 1. The number of pyridine rings is 1. The quantitative estimate of drug-likeness (QED) is 0.795. The predicted octanol–water partition coefficient (Wildman–Crippen LogP) is 2.39. The molecule has 1 atom stereocenters. The number of piperidine rings is 1. The van der Waals surface area contributed by atoms with Crippen molar-refractivity contribution >= 4 is 11.6 Å². The molecule has 6 heteroatoms. The Morgan fingerprint density at radius 1 is 1.36 bits per heavy atom. The number of aromatic amines is 1. The molecule has 4 rings (SSSR count). The van der Waals surface area contributed by atoms with Crippen molar-refractivity contribution in [3.05, 3.63) is 53.7 Å². The Labute approximate surface area is 146 Å². The highest BCUT2D eigenvalue weighted by Crippen LogP contribution is 2.21. The Morgan fingerprint density at radius 3 is 3.12 bits per heavy atom. The second-order valence-corrected chi connectivity index (χ2v) is 6.88. The average molecular weight is 337 g/mol. The Balaban J connectivity index is 1.46. The lowest BCUT2D eigenvalue weighted by Crippen LogP contribution is -2.41. The second kappa shape index (κ2) is 6.70. The maximum absolute atomic E-state index is 12.9. The van der Waals surface area contributed by atoms with E-state index in [4.69, 9.17) is 0 Å². The van der Waals surface area contributed by atoms with Gasteiger partial charge in [-0.1, -0.05) is 6.07 Å². The zero-order chi connectivity index (χ0) is 17.2. The molecule has 25 heavy (non-hydrogen) atoms. The standard InChI is InChI=1S/C19H23N5O/c1-14-17(24-10-3-2-6-18(24)21-14)12-19(25)23-9-4-5-15(13-23)11-16-7-8-20-22-16/h2-3,6-8,10,15H,4-5,9,11-13H2,1H3,(H,20,22)/t15-/m0/s1. The summed E-state index contributed by atoms with van der Waals surface area (Å²) in [5, 5.41) is 7.04. The number of aromatic nitrogens is 4. The first-order valence-corrected chi connectivity index (χ1v) is 8.89. The molecule has 1 aliphatic rings. The van der Waals surface area contributed by atoms with Gasteiger partial charge < -0.3 is 9.30 Å². The molecule has 3 aromatic heterocycles. The molecule has 0 saturated carbocycles. The molecule has 130 valence electrons. The van der Waals surface area contributed by atoms with Crippen LogP contribution >= 0.6 is 0 Å². The van der Waals surface area contributed by atoms with Gasteiger partial charge in [0, 0.05) is 31.2 Å². The summed E-state index contributed by atoms with van der Waals surface area (Å²) in [6.45, 7) is 3.66. The van der Waals surface area contributed by atoms with E-state index in [9.17, 15) is 4.79 Å². The van der Waals surface area contributed by atoms with Crippen LogP contribution in [0.2, 0.25) is 0 Å². The van der Waals surface area contributed by atoms with E-state index in [2.05, 4.69) is 15.2 Å². The average Bonchev–Trinajstić information content (AvgIpc) is 3.23. The summed E-state index contributed by atoms with van der Waals surface area (Å²) in [6.07, 6.45) is 7.37. The Kier molecular flexibility index (Phi) is 4.26. The number of fused-ring (bicyclic) bond motifs is 1. The van der Waals surface area contributed by atoms with Crippen LogP contribution in [0.15, 0.2) is 36.7 Å². The third-order valence-corrected chi connectivity index (χ3v) is 5.09.